The molecule has 9 nitrogen and oxygen atoms in total. The third-order valence-corrected chi connectivity index (χ3v) is 10.5. The smallest absolute Gasteiger partial charge is 0.306 e. The number of allylic oxidation sites excluding steroid dienone is 20. The molecule has 0 amide bonds. The number of aliphatic carboxylic acids is 1. The van der Waals surface area contributed by atoms with Crippen LogP contribution in [0.1, 0.15) is 174 Å². The maximum absolute atomic E-state index is 12.7. The minimum Gasteiger partial charge on any atom is -0.545 e. The molecule has 0 fully saturated rings. The fourth-order valence-corrected chi connectivity index (χ4v) is 6.44. The van der Waals surface area contributed by atoms with Crippen molar-refractivity contribution >= 4 is 17.9 Å². The lowest BCUT2D eigenvalue weighted by Crippen LogP contribution is -2.44. The Bertz CT molecular complexity index is 1520. The van der Waals surface area contributed by atoms with Gasteiger partial charge < -0.3 is 33.3 Å². The lowest BCUT2D eigenvalue weighted by atomic mass is 10.1. The molecule has 0 N–H and O–H groups in total. The summed E-state index contributed by atoms with van der Waals surface area (Å²) in [4.78, 5) is 36.8. The third-order valence-electron chi connectivity index (χ3n) is 10.5. The van der Waals surface area contributed by atoms with Crippen molar-refractivity contribution in [1.29, 1.82) is 0 Å². The van der Waals surface area contributed by atoms with Gasteiger partial charge in [-0.3, -0.25) is 9.59 Å². The zero-order valence-electron chi connectivity index (χ0n) is 43.4. The van der Waals surface area contributed by atoms with Crippen molar-refractivity contribution in [3.63, 3.8) is 0 Å². The number of carbonyl (C=O) groups excluding carboxylic acids is 3. The number of nitrogens with zero attached hydrogens (tertiary/aromatic N) is 1. The van der Waals surface area contributed by atoms with E-state index in [4.69, 9.17) is 18.9 Å². The zero-order valence-corrected chi connectivity index (χ0v) is 43.4. The van der Waals surface area contributed by atoms with Crippen LogP contribution in [0.2, 0.25) is 0 Å². The van der Waals surface area contributed by atoms with Crippen LogP contribution in [-0.4, -0.2) is 82.3 Å². The maximum atomic E-state index is 12.7. The van der Waals surface area contributed by atoms with Crippen molar-refractivity contribution in [2.75, 3.05) is 47.5 Å². The molecule has 0 aromatic carbocycles. The summed E-state index contributed by atoms with van der Waals surface area (Å²) in [5.74, 6) is -2.33. The second kappa shape index (κ2) is 49.1. The predicted molar refractivity (Wildman–Crippen MR) is 283 cm³/mol. The number of unbranched alkanes of at least 4 members (excludes halogenated alkanes) is 11. The highest BCUT2D eigenvalue weighted by Crippen LogP contribution is 2.12. The number of rotatable bonds is 46. The summed E-state index contributed by atoms with van der Waals surface area (Å²) >= 11 is 0. The first-order chi connectivity index (χ1) is 33.1. The summed E-state index contributed by atoms with van der Waals surface area (Å²) in [5.41, 5.74) is 0. The molecule has 68 heavy (non-hydrogen) atoms. The van der Waals surface area contributed by atoms with Crippen LogP contribution >= 0.6 is 0 Å². The molecule has 9 heteroatoms. The van der Waals surface area contributed by atoms with Gasteiger partial charge in [0, 0.05) is 12.8 Å². The highest BCUT2D eigenvalue weighted by molar-refractivity contribution is 5.70. The zero-order chi connectivity index (χ0) is 49.9. The van der Waals surface area contributed by atoms with E-state index in [1.165, 1.54) is 6.42 Å². The highest BCUT2D eigenvalue weighted by Gasteiger charge is 2.21. The van der Waals surface area contributed by atoms with Crippen LogP contribution in [0.5, 0.6) is 0 Å². The summed E-state index contributed by atoms with van der Waals surface area (Å²) < 4.78 is 22.4. The van der Waals surface area contributed by atoms with Crippen molar-refractivity contribution in [1.82, 2.24) is 0 Å². The molecule has 2 unspecified atom stereocenters. The van der Waals surface area contributed by atoms with E-state index in [1.54, 1.807) is 0 Å². The molecule has 0 heterocycles. The number of likely N-dealkylation sites (N-methyl/N-ethyl adjacent to an activating group) is 1. The van der Waals surface area contributed by atoms with E-state index in [1.807, 2.05) is 21.1 Å². The lowest BCUT2D eigenvalue weighted by Gasteiger charge is -2.26. The predicted octanol–water partition coefficient (Wildman–Crippen LogP) is 13.6. The molecular weight excluding hydrogens is 851 g/mol. The molecule has 0 bridgehead atoms. The first-order valence-electron chi connectivity index (χ1n) is 26.2. The van der Waals surface area contributed by atoms with Crippen LogP contribution in [0.15, 0.2) is 122 Å². The minimum absolute atomic E-state index is 0.139. The quantitative estimate of drug-likeness (QED) is 0.0195. The fourth-order valence-electron chi connectivity index (χ4n) is 6.44. The molecule has 0 aliphatic rings. The number of carbonyl (C=O) groups is 3. The van der Waals surface area contributed by atoms with E-state index in [-0.39, 0.29) is 38.6 Å². The largest absolute Gasteiger partial charge is 0.545 e. The Morgan fingerprint density at radius 3 is 1.25 bits per heavy atom. The van der Waals surface area contributed by atoms with Crippen molar-refractivity contribution < 1.29 is 42.9 Å². The van der Waals surface area contributed by atoms with Crippen LogP contribution in [0.25, 0.3) is 0 Å². The highest BCUT2D eigenvalue weighted by atomic mass is 16.7. The molecule has 2 atom stereocenters. The van der Waals surface area contributed by atoms with E-state index in [2.05, 4.69) is 135 Å². The standard InChI is InChI=1S/C59H95NO8/c1-6-8-10-12-14-15-16-17-18-19-20-21-22-23-24-25-26-27-28-29-30-31-32-33-34-35-36-37-38-39-40-41-42-43-44-46-48-50-57(62)68-55(53-66-56(61)49-47-45-13-11-9-7-2)54-67-59(58(63)64)65-52-51-60(3,4)5/h8,10,14-15,17-18,20-21,23-24,26-27,29-30,32-33,35-36,38-39,55,59H,6-7,9,11-13,16,19,22,25,28,31,34,37,40-54H2,1-5H3/b10-8-,15-14-,18-17-,21-20-,24-23-,27-26-,30-29-,33-32-,36-35-,39-38-. The number of ether oxygens (including phenoxy) is 4. The molecule has 0 saturated heterocycles. The first kappa shape index (κ1) is 63.7. The molecule has 0 aromatic heterocycles. The molecule has 0 rings (SSSR count). The number of hydrogen-bond acceptors (Lipinski definition) is 8. The van der Waals surface area contributed by atoms with Gasteiger partial charge in [-0.05, 0) is 89.9 Å². The van der Waals surface area contributed by atoms with Gasteiger partial charge in [0.05, 0.1) is 40.3 Å². The van der Waals surface area contributed by atoms with E-state index in [0.29, 0.717) is 17.4 Å². The molecule has 0 radical (unpaired) electrons. The lowest BCUT2D eigenvalue weighted by molar-refractivity contribution is -0.870. The van der Waals surface area contributed by atoms with Gasteiger partial charge in [-0.25, -0.2) is 0 Å². The molecule has 384 valence electrons. The second-order valence-electron chi connectivity index (χ2n) is 18.1. The van der Waals surface area contributed by atoms with Gasteiger partial charge in [-0.2, -0.15) is 0 Å². The van der Waals surface area contributed by atoms with Crippen LogP contribution in [0.4, 0.5) is 0 Å². The van der Waals surface area contributed by atoms with Gasteiger partial charge in [-0.1, -0.05) is 193 Å². The molecular formula is C59H95NO8. The maximum Gasteiger partial charge on any atom is 0.306 e. The third kappa shape index (κ3) is 49.6. The van der Waals surface area contributed by atoms with Crippen LogP contribution < -0.4 is 5.11 Å². The second-order valence-corrected chi connectivity index (χ2v) is 18.1. The molecule has 0 saturated carbocycles. The Kier molecular flexibility index (Phi) is 46.0. The monoisotopic (exact) mass is 946 g/mol. The van der Waals surface area contributed by atoms with Crippen LogP contribution in [-0.2, 0) is 33.3 Å². The number of carboxylic acids is 1. The van der Waals surface area contributed by atoms with E-state index >= 15 is 0 Å². The van der Waals surface area contributed by atoms with Crippen molar-refractivity contribution in [2.24, 2.45) is 0 Å². The van der Waals surface area contributed by atoms with Gasteiger partial charge in [0.15, 0.2) is 12.4 Å². The molecule has 0 spiro atoms. The van der Waals surface area contributed by atoms with Gasteiger partial charge in [0.2, 0.25) is 0 Å². The van der Waals surface area contributed by atoms with Gasteiger partial charge in [0.25, 0.3) is 0 Å². The van der Waals surface area contributed by atoms with Crippen molar-refractivity contribution in [3.05, 3.63) is 122 Å². The Hall–Kier alpha value is -4.31. The van der Waals surface area contributed by atoms with E-state index in [9.17, 15) is 19.5 Å². The Morgan fingerprint density at radius 2 is 0.838 bits per heavy atom. The van der Waals surface area contributed by atoms with Gasteiger partial charge in [0.1, 0.15) is 13.2 Å². The number of esters is 2. The average molecular weight is 946 g/mol. The summed E-state index contributed by atoms with van der Waals surface area (Å²) in [6.45, 7) is 4.50. The average Bonchev–Trinajstić information content (AvgIpc) is 3.30. The molecule has 0 aromatic rings. The Balaban J connectivity index is 4.13. The molecule has 0 aliphatic heterocycles. The summed E-state index contributed by atoms with van der Waals surface area (Å²) in [5, 5.41) is 11.7. The number of quaternary nitrogens is 1. The minimum atomic E-state index is -1.63. The fraction of sp³-hybridized carbons (Fsp3) is 0.610. The van der Waals surface area contributed by atoms with Crippen molar-refractivity contribution in [3.8, 4) is 0 Å². The van der Waals surface area contributed by atoms with Crippen LogP contribution in [0.3, 0.4) is 0 Å². The van der Waals surface area contributed by atoms with Gasteiger partial charge >= 0.3 is 11.9 Å². The number of carboxylic acid groups (broad SMARTS) is 1. The van der Waals surface area contributed by atoms with E-state index < -0.39 is 24.3 Å². The van der Waals surface area contributed by atoms with E-state index in [0.717, 1.165) is 135 Å². The normalized spacial score (nSPS) is 13.8. The first-order valence-corrected chi connectivity index (χ1v) is 26.2. The summed E-state index contributed by atoms with van der Waals surface area (Å²) in [6, 6.07) is 0. The summed E-state index contributed by atoms with van der Waals surface area (Å²) in [6.07, 6.45) is 65.7. The summed E-state index contributed by atoms with van der Waals surface area (Å²) in [7, 11) is 5.88. The Morgan fingerprint density at radius 1 is 0.456 bits per heavy atom. The van der Waals surface area contributed by atoms with Crippen LogP contribution in [0, 0.1) is 0 Å². The van der Waals surface area contributed by atoms with Crippen molar-refractivity contribution in [2.45, 2.75) is 187 Å². The van der Waals surface area contributed by atoms with Gasteiger partial charge in [-0.15, -0.1) is 0 Å². The number of hydrogen-bond donors (Lipinski definition) is 0. The molecule has 0 aliphatic carbocycles. The topological polar surface area (TPSA) is 111 Å². The SMILES string of the molecule is CC/C=C\C/C=C\C/C=C\C/C=C\C/C=C\C/C=C\C/C=C\C/C=C\C/C=C\C/C=C\CCCCCCCCC(=O)OC(COC(=O)CCCCCCCC)COC(OCC[N+](C)(C)C)C(=O)[O-]. The Labute approximate surface area is 415 Å².